The molecule has 0 unspecified atom stereocenters. The van der Waals surface area contributed by atoms with Gasteiger partial charge in [0.05, 0.1) is 41.0 Å². The lowest BCUT2D eigenvalue weighted by Crippen LogP contribution is -2.25. The molecule has 0 fully saturated rings. The van der Waals surface area contributed by atoms with Crippen LogP contribution in [0, 0.1) is 0 Å². The molecule has 1 amide bonds. The topological polar surface area (TPSA) is 134 Å². The predicted octanol–water partition coefficient (Wildman–Crippen LogP) is 9.30. The molecule has 0 aliphatic rings. The number of hydrogen-bond acceptors (Lipinski definition) is 7. The third kappa shape index (κ3) is 10.6. The Kier molecular flexibility index (Phi) is 14.2. The van der Waals surface area contributed by atoms with Crippen LogP contribution in [0.3, 0.4) is 0 Å². The van der Waals surface area contributed by atoms with Gasteiger partial charge in [-0.1, -0.05) is 86.3 Å². The molecule has 0 aromatic heterocycles. The van der Waals surface area contributed by atoms with Gasteiger partial charge in [0.2, 0.25) is 15.9 Å². The monoisotopic (exact) mass is 728 g/mol. The second kappa shape index (κ2) is 17.4. The van der Waals surface area contributed by atoms with Crippen molar-refractivity contribution in [2.75, 3.05) is 40.1 Å². The summed E-state index contributed by atoms with van der Waals surface area (Å²) in [4.78, 5) is 13.4. The highest BCUT2D eigenvalue weighted by Crippen LogP contribution is 2.38. The second-order valence-electron chi connectivity index (χ2n) is 13.8. The van der Waals surface area contributed by atoms with Crippen molar-refractivity contribution < 1.29 is 26.4 Å². The number of nitrogens with zero attached hydrogens (tertiary/aromatic N) is 1. The van der Waals surface area contributed by atoms with E-state index < -0.39 is 20.0 Å². The molecule has 12 heteroatoms. The molecule has 10 nitrogen and oxygen atoms in total. The fourth-order valence-electron chi connectivity index (χ4n) is 5.68. The van der Waals surface area contributed by atoms with Crippen LogP contribution in [0.2, 0.25) is 0 Å². The van der Waals surface area contributed by atoms with Crippen LogP contribution in [0.4, 0.5) is 28.4 Å². The van der Waals surface area contributed by atoms with Gasteiger partial charge in [-0.15, -0.1) is 0 Å². The molecule has 3 aromatic carbocycles. The molecule has 0 heterocycles. The molecule has 0 atom stereocenters. The van der Waals surface area contributed by atoms with E-state index in [1.54, 1.807) is 36.4 Å². The molecule has 0 radical (unpaired) electrons. The highest BCUT2D eigenvalue weighted by molar-refractivity contribution is 7.93. The first kappa shape index (κ1) is 40.7. The summed E-state index contributed by atoms with van der Waals surface area (Å²) < 4.78 is 62.5. The fourth-order valence-corrected chi connectivity index (χ4v) is 7.93. The van der Waals surface area contributed by atoms with Crippen LogP contribution < -0.4 is 24.4 Å². The molecular formula is C38H56N4O6S2. The van der Waals surface area contributed by atoms with Gasteiger partial charge in [-0.25, -0.2) is 16.8 Å². The van der Waals surface area contributed by atoms with Crippen molar-refractivity contribution in [1.82, 2.24) is 0 Å². The van der Waals surface area contributed by atoms with E-state index in [1.807, 2.05) is 39.8 Å². The molecule has 0 saturated heterocycles. The van der Waals surface area contributed by atoms with Crippen LogP contribution in [-0.4, -0.2) is 43.2 Å². The standard InChI is InChI=1S/C38H56N4O6S2/c1-11-12-13-14-15-16-37(43)40-34-23-30(17-19-33(34)39-29-18-20-36(48-9)35(24-29)42(8)49(10,44)45)41-50(46,47)38-31(26(4)5)21-28(25(2)3)22-32(38)27(6)7/h17-27,39,41H,11-16H2,1-10H3,(H,40,43). The van der Waals surface area contributed by atoms with E-state index in [-0.39, 0.29) is 28.6 Å². The molecule has 3 rings (SSSR count). The molecule has 0 spiro atoms. The first-order valence-electron chi connectivity index (χ1n) is 17.4. The van der Waals surface area contributed by atoms with Gasteiger partial charge in [0.15, 0.2) is 0 Å². The molecule has 0 aliphatic carbocycles. The Morgan fingerprint density at radius 2 is 1.38 bits per heavy atom. The quantitative estimate of drug-likeness (QED) is 0.111. The number of rotatable bonds is 18. The first-order chi connectivity index (χ1) is 23.4. The van der Waals surface area contributed by atoms with E-state index in [4.69, 9.17) is 4.74 Å². The van der Waals surface area contributed by atoms with E-state index in [1.165, 1.54) is 14.2 Å². The van der Waals surface area contributed by atoms with Crippen LogP contribution in [-0.2, 0) is 24.8 Å². The van der Waals surface area contributed by atoms with Gasteiger partial charge < -0.3 is 15.4 Å². The Morgan fingerprint density at radius 3 is 1.92 bits per heavy atom. The molecule has 0 saturated carbocycles. The van der Waals surface area contributed by atoms with Crippen molar-refractivity contribution in [3.8, 4) is 5.75 Å². The third-order valence-electron chi connectivity index (χ3n) is 8.70. The van der Waals surface area contributed by atoms with Crippen LogP contribution >= 0.6 is 0 Å². The summed E-state index contributed by atoms with van der Waals surface area (Å²) in [6.45, 7) is 14.3. The Morgan fingerprint density at radius 1 is 0.780 bits per heavy atom. The summed E-state index contributed by atoms with van der Waals surface area (Å²) in [6.07, 6.45) is 6.40. The van der Waals surface area contributed by atoms with Gasteiger partial charge >= 0.3 is 0 Å². The number of unbranched alkanes of at least 4 members (excludes halogenated alkanes) is 4. The zero-order valence-electron chi connectivity index (χ0n) is 31.3. The van der Waals surface area contributed by atoms with Crippen molar-refractivity contribution in [3.63, 3.8) is 0 Å². The van der Waals surface area contributed by atoms with E-state index >= 15 is 0 Å². The van der Waals surface area contributed by atoms with E-state index in [0.29, 0.717) is 40.6 Å². The van der Waals surface area contributed by atoms with Gasteiger partial charge in [-0.2, -0.15) is 0 Å². The van der Waals surface area contributed by atoms with E-state index in [0.717, 1.165) is 59.4 Å². The molecule has 3 N–H and O–H groups in total. The minimum atomic E-state index is -4.04. The lowest BCUT2D eigenvalue weighted by Gasteiger charge is -2.23. The average molecular weight is 729 g/mol. The lowest BCUT2D eigenvalue weighted by molar-refractivity contribution is -0.116. The summed E-state index contributed by atoms with van der Waals surface area (Å²) in [5, 5.41) is 6.26. The molecule has 0 bridgehead atoms. The van der Waals surface area contributed by atoms with Gasteiger partial charge in [0.1, 0.15) is 5.75 Å². The highest BCUT2D eigenvalue weighted by atomic mass is 32.2. The first-order valence-corrected chi connectivity index (χ1v) is 20.8. The molecule has 3 aromatic rings. The number of ether oxygens (including phenoxy) is 1. The number of sulfonamides is 2. The number of anilines is 5. The number of amides is 1. The number of carbonyl (C=O) groups excluding carboxylic acids is 1. The second-order valence-corrected chi connectivity index (χ2v) is 17.4. The van der Waals surface area contributed by atoms with E-state index in [9.17, 15) is 21.6 Å². The molecule has 0 aliphatic heterocycles. The minimum Gasteiger partial charge on any atom is -0.495 e. The summed E-state index contributed by atoms with van der Waals surface area (Å²) in [6, 6.07) is 14.0. The van der Waals surface area contributed by atoms with Crippen molar-refractivity contribution >= 4 is 54.4 Å². The van der Waals surface area contributed by atoms with Gasteiger partial charge in [-0.3, -0.25) is 13.8 Å². The Labute approximate surface area is 300 Å². The van der Waals surface area contributed by atoms with Crippen LogP contribution in [0.15, 0.2) is 53.4 Å². The maximum Gasteiger partial charge on any atom is 0.262 e. The average Bonchev–Trinajstić information content (AvgIpc) is 3.04. The fraction of sp³-hybridized carbons (Fsp3) is 0.500. The summed E-state index contributed by atoms with van der Waals surface area (Å²) in [5.74, 6) is 0.347. The third-order valence-corrected chi connectivity index (χ3v) is 11.4. The molecule has 276 valence electrons. The van der Waals surface area contributed by atoms with Crippen molar-refractivity contribution in [2.45, 2.75) is 110 Å². The minimum absolute atomic E-state index is 0.0346. The van der Waals surface area contributed by atoms with Crippen molar-refractivity contribution in [3.05, 3.63) is 65.2 Å². The van der Waals surface area contributed by atoms with Crippen molar-refractivity contribution in [1.29, 1.82) is 0 Å². The smallest absolute Gasteiger partial charge is 0.262 e. The predicted molar refractivity (Wildman–Crippen MR) is 207 cm³/mol. The van der Waals surface area contributed by atoms with Gasteiger partial charge in [0.25, 0.3) is 10.0 Å². The maximum atomic E-state index is 14.2. The van der Waals surface area contributed by atoms with Gasteiger partial charge in [-0.05, 0) is 77.3 Å². The summed E-state index contributed by atoms with van der Waals surface area (Å²) in [5.41, 5.74) is 4.64. The maximum absolute atomic E-state index is 14.2. The summed E-state index contributed by atoms with van der Waals surface area (Å²) in [7, 11) is -4.72. The largest absolute Gasteiger partial charge is 0.495 e. The number of benzene rings is 3. The van der Waals surface area contributed by atoms with Crippen LogP contribution in [0.5, 0.6) is 5.75 Å². The highest BCUT2D eigenvalue weighted by Gasteiger charge is 2.27. The number of nitrogens with one attached hydrogen (secondary N) is 3. The Bertz CT molecular complexity index is 1830. The van der Waals surface area contributed by atoms with E-state index in [2.05, 4.69) is 36.1 Å². The molecule has 50 heavy (non-hydrogen) atoms. The SMILES string of the molecule is CCCCCCCC(=O)Nc1cc(NS(=O)(=O)c2c(C(C)C)cc(C(C)C)cc2C(C)C)ccc1Nc1ccc(OC)c(N(C)S(C)(=O)=O)c1. The summed E-state index contributed by atoms with van der Waals surface area (Å²) >= 11 is 0. The van der Waals surface area contributed by atoms with Gasteiger partial charge in [0, 0.05) is 19.2 Å². The Balaban J connectivity index is 2.08. The number of carbonyl (C=O) groups is 1. The number of methoxy groups -OCH3 is 1. The zero-order chi connectivity index (χ0) is 37.4. The zero-order valence-corrected chi connectivity index (χ0v) is 32.9. The normalized spacial score (nSPS) is 12.0. The van der Waals surface area contributed by atoms with Crippen LogP contribution in [0.25, 0.3) is 0 Å². The van der Waals surface area contributed by atoms with Crippen molar-refractivity contribution in [2.24, 2.45) is 0 Å². The molecular weight excluding hydrogens is 673 g/mol. The Hall–Kier alpha value is -3.77. The number of hydrogen-bond donors (Lipinski definition) is 3. The van der Waals surface area contributed by atoms with Crippen LogP contribution in [0.1, 0.15) is 121 Å². The lowest BCUT2D eigenvalue weighted by atomic mass is 9.89.